The first kappa shape index (κ1) is 27.6. The van der Waals surface area contributed by atoms with E-state index in [1.165, 1.54) is 5.01 Å². The third-order valence-corrected chi connectivity index (χ3v) is 8.45. The molecule has 38 heavy (non-hydrogen) atoms. The van der Waals surface area contributed by atoms with Crippen LogP contribution in [0.15, 0.2) is 59.5 Å². The standard InChI is InChI=1S/C29H36N4O4S/c1-5-36-28(34)17-24(23-12-13-25(32(4)31)29(30)20(23)3)21-11-10-19(2)22(16-21)18-33-14-15-37-26-8-6-7-9-27(26)38(33)35/h6-13,16,24H,5,14-15,17-18,30-31H2,1-4H3. The van der Waals surface area contributed by atoms with Crippen LogP contribution in [0.5, 0.6) is 5.75 Å². The summed E-state index contributed by atoms with van der Waals surface area (Å²) in [5, 5.41) is 1.49. The zero-order valence-electron chi connectivity index (χ0n) is 22.4. The second kappa shape index (κ2) is 12.0. The number of benzene rings is 3. The number of hydrogen-bond donors (Lipinski definition) is 2. The molecule has 0 aromatic heterocycles. The lowest BCUT2D eigenvalue weighted by Gasteiger charge is -2.25. The van der Waals surface area contributed by atoms with Gasteiger partial charge < -0.3 is 20.2 Å². The number of rotatable bonds is 8. The van der Waals surface area contributed by atoms with Crippen LogP contribution in [-0.2, 0) is 27.1 Å². The van der Waals surface area contributed by atoms with E-state index in [1.807, 2.05) is 60.6 Å². The van der Waals surface area contributed by atoms with Crippen LogP contribution in [0.4, 0.5) is 11.4 Å². The Labute approximate surface area is 227 Å². The van der Waals surface area contributed by atoms with Crippen molar-refractivity contribution in [2.24, 2.45) is 5.84 Å². The number of anilines is 2. The minimum absolute atomic E-state index is 0.172. The Balaban J connectivity index is 1.71. The third-order valence-electron chi connectivity index (χ3n) is 6.96. The van der Waals surface area contributed by atoms with Gasteiger partial charge in [-0.25, -0.2) is 14.4 Å². The summed E-state index contributed by atoms with van der Waals surface area (Å²) in [5.74, 6) is 6.07. The van der Waals surface area contributed by atoms with Crippen molar-refractivity contribution >= 4 is 28.3 Å². The number of esters is 1. The van der Waals surface area contributed by atoms with Crippen LogP contribution in [0, 0.1) is 13.8 Å². The van der Waals surface area contributed by atoms with Crippen molar-refractivity contribution in [2.75, 3.05) is 37.5 Å². The summed E-state index contributed by atoms with van der Waals surface area (Å²) < 4.78 is 26.5. The van der Waals surface area contributed by atoms with Crippen LogP contribution in [-0.4, -0.2) is 41.3 Å². The number of aryl methyl sites for hydroxylation is 1. The molecule has 0 amide bonds. The SMILES string of the molecule is CCOC(=O)CC(c1ccc(C)c(CN2CCOc3ccccc3S2=O)c1)c1ccc(N(C)N)c(N)c1C. The fourth-order valence-electron chi connectivity index (χ4n) is 4.81. The van der Waals surface area contributed by atoms with Crippen molar-refractivity contribution in [1.29, 1.82) is 0 Å². The molecule has 0 bridgehead atoms. The van der Waals surface area contributed by atoms with Crippen molar-refractivity contribution in [3.63, 3.8) is 0 Å². The molecule has 8 nitrogen and oxygen atoms in total. The van der Waals surface area contributed by atoms with E-state index in [4.69, 9.17) is 21.1 Å². The molecule has 1 aliphatic heterocycles. The molecular weight excluding hydrogens is 500 g/mol. The number of carbonyl (C=O) groups excluding carboxylic acids is 1. The summed E-state index contributed by atoms with van der Waals surface area (Å²) in [5.41, 5.74) is 12.6. The molecule has 3 aromatic carbocycles. The lowest BCUT2D eigenvalue weighted by molar-refractivity contribution is -0.143. The minimum Gasteiger partial charge on any atom is -0.491 e. The topological polar surface area (TPSA) is 111 Å². The van der Waals surface area contributed by atoms with E-state index in [9.17, 15) is 9.00 Å². The number of hydrogen-bond acceptors (Lipinski definition) is 7. The van der Waals surface area contributed by atoms with Crippen molar-refractivity contribution in [3.8, 4) is 5.75 Å². The van der Waals surface area contributed by atoms with E-state index in [0.717, 1.165) is 33.5 Å². The Hall–Kier alpha value is -3.40. The second-order valence-electron chi connectivity index (χ2n) is 9.48. The summed E-state index contributed by atoms with van der Waals surface area (Å²) in [7, 11) is 0.383. The average molecular weight is 537 g/mol. The average Bonchev–Trinajstić information content (AvgIpc) is 3.04. The Morgan fingerprint density at radius 3 is 2.68 bits per heavy atom. The van der Waals surface area contributed by atoms with E-state index in [2.05, 4.69) is 12.1 Å². The third kappa shape index (κ3) is 5.85. The van der Waals surface area contributed by atoms with E-state index >= 15 is 0 Å². The van der Waals surface area contributed by atoms with Gasteiger partial charge in [0, 0.05) is 26.1 Å². The highest BCUT2D eigenvalue weighted by Gasteiger charge is 2.26. The van der Waals surface area contributed by atoms with Gasteiger partial charge in [0.1, 0.15) is 23.3 Å². The number of nitrogens with two attached hydrogens (primary N) is 2. The number of nitrogens with zero attached hydrogens (tertiary/aromatic N) is 2. The molecule has 0 radical (unpaired) electrons. The van der Waals surface area contributed by atoms with E-state index in [1.54, 1.807) is 14.0 Å². The molecule has 0 saturated carbocycles. The van der Waals surface area contributed by atoms with Gasteiger partial charge in [-0.05, 0) is 66.8 Å². The highest BCUT2D eigenvalue weighted by Crippen LogP contribution is 2.37. The van der Waals surface area contributed by atoms with E-state index in [-0.39, 0.29) is 18.3 Å². The van der Waals surface area contributed by atoms with Crippen LogP contribution in [0.1, 0.15) is 47.1 Å². The van der Waals surface area contributed by atoms with Crippen molar-refractivity contribution in [3.05, 3.63) is 82.4 Å². The molecule has 9 heteroatoms. The maximum atomic E-state index is 13.4. The molecule has 202 valence electrons. The molecule has 4 N–H and O–H groups in total. The molecule has 1 heterocycles. The van der Waals surface area contributed by atoms with Crippen LogP contribution in [0.2, 0.25) is 0 Å². The lowest BCUT2D eigenvalue weighted by Crippen LogP contribution is -2.28. The summed E-state index contributed by atoms with van der Waals surface area (Å²) in [6.07, 6.45) is 0.172. The smallest absolute Gasteiger partial charge is 0.306 e. The molecular formula is C29H36N4O4S. The van der Waals surface area contributed by atoms with Gasteiger partial charge >= 0.3 is 5.97 Å². The van der Waals surface area contributed by atoms with Crippen molar-refractivity contribution in [2.45, 2.75) is 44.6 Å². The summed E-state index contributed by atoms with van der Waals surface area (Å²) in [6.45, 7) is 7.56. The molecule has 0 spiro atoms. The first-order chi connectivity index (χ1) is 18.2. The normalized spacial score (nSPS) is 16.2. The van der Waals surface area contributed by atoms with Crippen LogP contribution < -0.4 is 21.3 Å². The van der Waals surface area contributed by atoms with Gasteiger partial charge in [0.2, 0.25) is 0 Å². The van der Waals surface area contributed by atoms with Gasteiger partial charge in [-0.2, -0.15) is 0 Å². The van der Waals surface area contributed by atoms with Crippen molar-refractivity contribution in [1.82, 2.24) is 4.31 Å². The number of hydrazine groups is 1. The Morgan fingerprint density at radius 1 is 1.18 bits per heavy atom. The number of fused-ring (bicyclic) bond motifs is 1. The summed E-state index contributed by atoms with van der Waals surface area (Å²) in [6, 6.07) is 17.5. The van der Waals surface area contributed by atoms with Gasteiger partial charge in [-0.3, -0.25) is 4.79 Å². The van der Waals surface area contributed by atoms with Crippen LogP contribution in [0.25, 0.3) is 0 Å². The Bertz CT molecular complexity index is 1340. The predicted molar refractivity (Wildman–Crippen MR) is 151 cm³/mol. The van der Waals surface area contributed by atoms with Crippen LogP contribution >= 0.6 is 0 Å². The van der Waals surface area contributed by atoms with E-state index < -0.39 is 11.0 Å². The zero-order valence-corrected chi connectivity index (χ0v) is 23.2. The number of ether oxygens (including phenoxy) is 2. The van der Waals surface area contributed by atoms with Gasteiger partial charge in [-0.15, -0.1) is 0 Å². The Kier molecular flexibility index (Phi) is 8.71. The monoisotopic (exact) mass is 536 g/mol. The molecule has 2 atom stereocenters. The molecule has 1 aliphatic rings. The predicted octanol–water partition coefficient (Wildman–Crippen LogP) is 4.20. The number of carbonyl (C=O) groups is 1. The molecule has 0 saturated heterocycles. The fourth-order valence-corrected chi connectivity index (χ4v) is 6.08. The first-order valence-electron chi connectivity index (χ1n) is 12.7. The number of para-hydroxylation sites is 1. The van der Waals surface area contributed by atoms with Crippen molar-refractivity contribution < 1.29 is 18.5 Å². The minimum atomic E-state index is -1.36. The highest BCUT2D eigenvalue weighted by molar-refractivity contribution is 7.82. The molecule has 4 rings (SSSR count). The van der Waals surface area contributed by atoms with Crippen LogP contribution in [0.3, 0.4) is 0 Å². The maximum Gasteiger partial charge on any atom is 0.306 e. The fraction of sp³-hybridized carbons (Fsp3) is 0.345. The zero-order chi connectivity index (χ0) is 27.4. The molecule has 0 fully saturated rings. The second-order valence-corrected chi connectivity index (χ2v) is 10.9. The van der Waals surface area contributed by atoms with Gasteiger partial charge in [-0.1, -0.05) is 36.4 Å². The van der Waals surface area contributed by atoms with Gasteiger partial charge in [0.25, 0.3) is 0 Å². The number of nitrogen functional groups attached to an aromatic ring is 1. The first-order valence-corrected chi connectivity index (χ1v) is 13.8. The maximum absolute atomic E-state index is 13.4. The summed E-state index contributed by atoms with van der Waals surface area (Å²) >= 11 is 0. The van der Waals surface area contributed by atoms with E-state index in [0.29, 0.717) is 42.6 Å². The molecule has 0 aliphatic carbocycles. The highest BCUT2D eigenvalue weighted by atomic mass is 32.2. The molecule has 3 aromatic rings. The van der Waals surface area contributed by atoms with Gasteiger partial charge in [0.15, 0.2) is 0 Å². The van der Waals surface area contributed by atoms with Gasteiger partial charge in [0.05, 0.1) is 29.3 Å². The summed E-state index contributed by atoms with van der Waals surface area (Å²) in [4.78, 5) is 13.4. The lowest BCUT2D eigenvalue weighted by atomic mass is 9.84. The largest absolute Gasteiger partial charge is 0.491 e. The Morgan fingerprint density at radius 2 is 1.95 bits per heavy atom. The quantitative estimate of drug-likeness (QED) is 0.192. The molecule has 2 unspecified atom stereocenters.